The van der Waals surface area contributed by atoms with E-state index in [0.29, 0.717) is 17.3 Å². The Morgan fingerprint density at radius 3 is 2.64 bits per heavy atom. The average molecular weight is 398 g/mol. The smallest absolute Gasteiger partial charge is 0.263 e. The Morgan fingerprint density at radius 2 is 2.04 bits per heavy atom. The van der Waals surface area contributed by atoms with Crippen LogP contribution in [0.2, 0.25) is 0 Å². The van der Waals surface area contributed by atoms with Crippen LogP contribution in [0.15, 0.2) is 40.7 Å². The molecule has 0 unspecified atom stereocenters. The molecule has 25 heavy (non-hydrogen) atoms. The molecule has 1 saturated heterocycles. The Hall–Kier alpha value is -2.11. The van der Waals surface area contributed by atoms with E-state index in [0.717, 1.165) is 0 Å². The highest BCUT2D eigenvalue weighted by Crippen LogP contribution is 2.20. The Labute approximate surface area is 152 Å². The number of sulfonamides is 1. The van der Waals surface area contributed by atoms with Crippen LogP contribution in [-0.4, -0.2) is 48.3 Å². The van der Waals surface area contributed by atoms with Gasteiger partial charge in [-0.1, -0.05) is 0 Å². The summed E-state index contributed by atoms with van der Waals surface area (Å²) < 4.78 is 26.8. The van der Waals surface area contributed by atoms with Crippen LogP contribution < -0.4 is 10.0 Å². The number of hydrogen-bond donors (Lipinski definition) is 2. The summed E-state index contributed by atoms with van der Waals surface area (Å²) in [6, 6.07) is 5.77. The number of carbonyl (C=O) groups is 2. The van der Waals surface area contributed by atoms with E-state index < -0.39 is 10.0 Å². The molecule has 0 bridgehead atoms. The fraction of sp³-hybridized carbons (Fsp3) is 0.214. The quantitative estimate of drug-likeness (QED) is 0.762. The minimum Gasteiger partial charge on any atom is -0.325 e. The molecule has 8 nitrogen and oxygen atoms in total. The lowest BCUT2D eigenvalue weighted by atomic mass is 10.3. The van der Waals surface area contributed by atoms with Crippen molar-refractivity contribution in [2.75, 3.05) is 28.2 Å². The number of carbonyl (C=O) groups excluding carboxylic acids is 2. The molecule has 2 aromatic rings. The third-order valence-electron chi connectivity index (χ3n) is 3.26. The molecular weight excluding hydrogens is 384 g/mol. The molecule has 0 aliphatic carbocycles. The monoisotopic (exact) mass is 398 g/mol. The van der Waals surface area contributed by atoms with Gasteiger partial charge in [0.25, 0.3) is 10.0 Å². The number of hydrogen-bond acceptors (Lipinski definition) is 7. The first-order chi connectivity index (χ1) is 11.9. The summed E-state index contributed by atoms with van der Waals surface area (Å²) in [6.07, 6.45) is 1.50. The van der Waals surface area contributed by atoms with Crippen molar-refractivity contribution >= 4 is 55.8 Å². The summed E-state index contributed by atoms with van der Waals surface area (Å²) in [5, 5.41) is 4.60. The zero-order chi connectivity index (χ0) is 17.9. The maximum atomic E-state index is 12.2. The highest BCUT2D eigenvalue weighted by molar-refractivity contribution is 8.00. The summed E-state index contributed by atoms with van der Waals surface area (Å²) in [7, 11) is -3.72. The van der Waals surface area contributed by atoms with Crippen molar-refractivity contribution in [3.05, 3.63) is 35.8 Å². The third-order valence-corrected chi connectivity index (χ3v) is 6.38. The van der Waals surface area contributed by atoms with E-state index in [2.05, 4.69) is 15.0 Å². The lowest BCUT2D eigenvalue weighted by Gasteiger charge is -2.14. The predicted octanol–water partition coefficient (Wildman–Crippen LogP) is 1.42. The summed E-state index contributed by atoms with van der Waals surface area (Å²) >= 11 is 2.64. The Bertz CT molecular complexity index is 866. The maximum Gasteiger partial charge on any atom is 0.263 e. The van der Waals surface area contributed by atoms with E-state index >= 15 is 0 Å². The SMILES string of the molecule is O=C(CN1CSCC1=O)Nc1ccc(S(=O)(=O)Nc2nccs2)cc1. The standard InChI is InChI=1S/C14H14N4O4S3/c19-12(7-18-9-23-8-13(18)20)16-10-1-3-11(4-2-10)25(21,22)17-14-15-5-6-24-14/h1-6H,7-9H2,(H,15,17)(H,16,19). The summed E-state index contributed by atoms with van der Waals surface area (Å²) in [5.74, 6) is 0.514. The highest BCUT2D eigenvalue weighted by Gasteiger charge is 2.23. The number of nitrogens with zero attached hydrogens (tertiary/aromatic N) is 2. The highest BCUT2D eigenvalue weighted by atomic mass is 32.2. The van der Waals surface area contributed by atoms with E-state index in [-0.39, 0.29) is 28.4 Å². The summed E-state index contributed by atoms with van der Waals surface area (Å²) in [5.41, 5.74) is 0.456. The fourth-order valence-corrected chi connectivity index (χ4v) is 4.77. The van der Waals surface area contributed by atoms with E-state index in [1.807, 2.05) is 0 Å². The second-order valence-electron chi connectivity index (χ2n) is 5.08. The van der Waals surface area contributed by atoms with Gasteiger partial charge in [-0.05, 0) is 24.3 Å². The van der Waals surface area contributed by atoms with Gasteiger partial charge in [-0.3, -0.25) is 14.3 Å². The summed E-state index contributed by atoms with van der Waals surface area (Å²) in [6.45, 7) is -0.0164. The van der Waals surface area contributed by atoms with Crippen molar-refractivity contribution in [2.45, 2.75) is 4.90 Å². The second kappa shape index (κ2) is 7.42. The number of amides is 2. The van der Waals surface area contributed by atoms with Crippen LogP contribution >= 0.6 is 23.1 Å². The van der Waals surface area contributed by atoms with Gasteiger partial charge in [0.05, 0.1) is 16.5 Å². The number of rotatable bonds is 6. The van der Waals surface area contributed by atoms with E-state index in [9.17, 15) is 18.0 Å². The van der Waals surface area contributed by atoms with Crippen LogP contribution in [0.5, 0.6) is 0 Å². The molecule has 1 aliphatic heterocycles. The number of anilines is 2. The minimum atomic E-state index is -3.72. The molecule has 1 aliphatic rings. The Morgan fingerprint density at radius 1 is 1.28 bits per heavy atom. The predicted molar refractivity (Wildman–Crippen MR) is 97.0 cm³/mol. The molecule has 132 valence electrons. The molecule has 1 aromatic carbocycles. The second-order valence-corrected chi connectivity index (χ2v) is 8.62. The number of thioether (sulfide) groups is 1. The van der Waals surface area contributed by atoms with Crippen LogP contribution in [0, 0.1) is 0 Å². The van der Waals surface area contributed by atoms with Gasteiger partial charge in [0.2, 0.25) is 11.8 Å². The van der Waals surface area contributed by atoms with E-state index in [1.54, 1.807) is 5.38 Å². The number of benzene rings is 1. The Kier molecular flexibility index (Phi) is 5.25. The van der Waals surface area contributed by atoms with Crippen LogP contribution in [0.25, 0.3) is 0 Å². The van der Waals surface area contributed by atoms with Gasteiger partial charge >= 0.3 is 0 Å². The van der Waals surface area contributed by atoms with Crippen molar-refractivity contribution in [2.24, 2.45) is 0 Å². The lowest BCUT2D eigenvalue weighted by Crippen LogP contribution is -2.34. The van der Waals surface area contributed by atoms with Crippen LogP contribution in [0.4, 0.5) is 10.8 Å². The lowest BCUT2D eigenvalue weighted by molar-refractivity contribution is -0.130. The van der Waals surface area contributed by atoms with Gasteiger partial charge in [0, 0.05) is 17.3 Å². The molecule has 0 radical (unpaired) electrons. The fourth-order valence-electron chi connectivity index (χ4n) is 2.08. The molecule has 0 atom stereocenters. The van der Waals surface area contributed by atoms with Gasteiger partial charge in [-0.2, -0.15) is 0 Å². The third kappa shape index (κ3) is 4.50. The van der Waals surface area contributed by atoms with Crippen molar-refractivity contribution in [1.82, 2.24) is 9.88 Å². The molecule has 1 aromatic heterocycles. The number of thiazole rings is 1. The van der Waals surface area contributed by atoms with Gasteiger partial charge in [-0.25, -0.2) is 13.4 Å². The topological polar surface area (TPSA) is 108 Å². The van der Waals surface area contributed by atoms with E-state index in [4.69, 9.17) is 0 Å². The minimum absolute atomic E-state index is 0.0164. The van der Waals surface area contributed by atoms with Crippen LogP contribution in [0.1, 0.15) is 0 Å². The van der Waals surface area contributed by atoms with Gasteiger partial charge < -0.3 is 10.2 Å². The van der Waals surface area contributed by atoms with E-state index in [1.165, 1.54) is 58.5 Å². The first-order valence-corrected chi connectivity index (χ1v) is 10.6. The Balaban J connectivity index is 1.61. The summed E-state index contributed by atoms with van der Waals surface area (Å²) in [4.78, 5) is 28.9. The molecule has 0 spiro atoms. The normalized spacial score (nSPS) is 14.6. The van der Waals surface area contributed by atoms with Crippen molar-refractivity contribution < 1.29 is 18.0 Å². The van der Waals surface area contributed by atoms with Gasteiger partial charge in [-0.15, -0.1) is 23.1 Å². The molecule has 2 heterocycles. The zero-order valence-electron chi connectivity index (χ0n) is 12.8. The van der Waals surface area contributed by atoms with Crippen LogP contribution in [-0.2, 0) is 19.6 Å². The molecule has 1 fully saturated rings. The molecule has 11 heteroatoms. The molecule has 0 saturated carbocycles. The van der Waals surface area contributed by atoms with Crippen molar-refractivity contribution in [3.63, 3.8) is 0 Å². The van der Waals surface area contributed by atoms with Crippen molar-refractivity contribution in [3.8, 4) is 0 Å². The number of aromatic nitrogens is 1. The molecule has 2 N–H and O–H groups in total. The van der Waals surface area contributed by atoms with Gasteiger partial charge in [0.1, 0.15) is 6.54 Å². The maximum absolute atomic E-state index is 12.2. The van der Waals surface area contributed by atoms with Gasteiger partial charge in [0.15, 0.2) is 5.13 Å². The largest absolute Gasteiger partial charge is 0.325 e. The number of nitrogens with one attached hydrogen (secondary N) is 2. The molecule has 2 amide bonds. The first-order valence-electron chi connectivity index (χ1n) is 7.12. The van der Waals surface area contributed by atoms with Crippen molar-refractivity contribution in [1.29, 1.82) is 0 Å². The molecule has 3 rings (SSSR count). The zero-order valence-corrected chi connectivity index (χ0v) is 15.3. The first kappa shape index (κ1) is 17.7. The average Bonchev–Trinajstić information content (AvgIpc) is 3.20. The molecular formula is C14H14N4O4S3. The van der Waals surface area contributed by atoms with Crippen LogP contribution in [0.3, 0.4) is 0 Å².